The first kappa shape index (κ1) is 21.0. The summed E-state index contributed by atoms with van der Waals surface area (Å²) in [4.78, 5) is 24.0. The van der Waals surface area contributed by atoms with Crippen molar-refractivity contribution in [2.24, 2.45) is 0 Å². The second-order valence-corrected chi connectivity index (χ2v) is 7.61. The maximum absolute atomic E-state index is 12.4. The number of aryl methyl sites for hydroxylation is 1. The molecule has 1 fully saturated rings. The van der Waals surface area contributed by atoms with E-state index in [1.165, 1.54) is 0 Å². The molecule has 0 unspecified atom stereocenters. The van der Waals surface area contributed by atoms with Gasteiger partial charge in [0.1, 0.15) is 18.0 Å². The average molecular weight is 378 g/mol. The molecule has 1 heterocycles. The maximum atomic E-state index is 12.4. The largest absolute Gasteiger partial charge is 0.492 e. The Morgan fingerprint density at radius 2 is 1.93 bits per heavy atom. The molecule has 0 atom stereocenters. The molecule has 0 spiro atoms. The first-order chi connectivity index (χ1) is 12.7. The Balaban J connectivity index is 1.78. The number of hydrogen-bond acceptors (Lipinski definition) is 5. The van der Waals surface area contributed by atoms with Crippen LogP contribution in [-0.4, -0.2) is 50.0 Å². The highest BCUT2D eigenvalue weighted by atomic mass is 16.6. The second kappa shape index (κ2) is 9.60. The van der Waals surface area contributed by atoms with Gasteiger partial charge in [0.2, 0.25) is 0 Å². The van der Waals surface area contributed by atoms with Gasteiger partial charge in [0, 0.05) is 24.8 Å². The number of carbonyl (C=O) groups excluding carboxylic acids is 2. The Hall–Kier alpha value is -2.28. The highest BCUT2D eigenvalue weighted by Crippen LogP contribution is 2.18. The van der Waals surface area contributed by atoms with E-state index < -0.39 is 11.7 Å². The van der Waals surface area contributed by atoms with Crippen LogP contribution in [0.5, 0.6) is 5.75 Å². The van der Waals surface area contributed by atoms with Gasteiger partial charge in [0.25, 0.3) is 5.91 Å². The molecular weight excluding hydrogens is 348 g/mol. The van der Waals surface area contributed by atoms with Crippen molar-refractivity contribution < 1.29 is 23.8 Å². The molecule has 1 aliphatic heterocycles. The minimum atomic E-state index is -0.525. The van der Waals surface area contributed by atoms with Crippen LogP contribution < -0.4 is 15.4 Å². The summed E-state index contributed by atoms with van der Waals surface area (Å²) in [6, 6.07) is 5.52. The summed E-state index contributed by atoms with van der Waals surface area (Å²) in [7, 11) is 0. The Morgan fingerprint density at radius 3 is 2.56 bits per heavy atom. The van der Waals surface area contributed by atoms with Gasteiger partial charge in [0.15, 0.2) is 0 Å². The molecule has 0 radical (unpaired) electrons. The SMILES string of the molecule is Cc1cc(OCCNC(=O)OC(C)(C)C)ccc1C(=O)NC1CCOCC1. The Bertz CT molecular complexity index is 648. The van der Waals surface area contributed by atoms with Crippen LogP contribution in [0.1, 0.15) is 49.5 Å². The molecule has 2 N–H and O–H groups in total. The highest BCUT2D eigenvalue weighted by molar-refractivity contribution is 5.96. The molecular formula is C20H30N2O5. The summed E-state index contributed by atoms with van der Waals surface area (Å²) >= 11 is 0. The molecule has 0 saturated carbocycles. The zero-order valence-corrected chi connectivity index (χ0v) is 16.6. The molecule has 1 saturated heterocycles. The lowest BCUT2D eigenvalue weighted by Gasteiger charge is -2.23. The molecule has 2 amide bonds. The van der Waals surface area contributed by atoms with Gasteiger partial charge in [-0.2, -0.15) is 0 Å². The normalized spacial score (nSPS) is 15.1. The van der Waals surface area contributed by atoms with Gasteiger partial charge in [-0.05, 0) is 64.3 Å². The number of alkyl carbamates (subject to hydrolysis) is 1. The molecule has 7 heteroatoms. The van der Waals surface area contributed by atoms with E-state index in [1.807, 2.05) is 33.8 Å². The fourth-order valence-corrected chi connectivity index (χ4v) is 2.72. The molecule has 0 aliphatic carbocycles. The number of amides is 2. The summed E-state index contributed by atoms with van der Waals surface area (Å²) < 4.78 is 16.1. The van der Waals surface area contributed by atoms with E-state index in [-0.39, 0.29) is 11.9 Å². The molecule has 1 aromatic carbocycles. The monoisotopic (exact) mass is 378 g/mol. The number of nitrogens with one attached hydrogen (secondary N) is 2. The van der Waals surface area contributed by atoms with Gasteiger partial charge in [0.05, 0.1) is 6.54 Å². The number of ether oxygens (including phenoxy) is 3. The molecule has 0 aromatic heterocycles. The third-order valence-electron chi connectivity index (χ3n) is 4.04. The van der Waals surface area contributed by atoms with Crippen molar-refractivity contribution >= 4 is 12.0 Å². The van der Waals surface area contributed by atoms with E-state index in [4.69, 9.17) is 14.2 Å². The summed E-state index contributed by atoms with van der Waals surface area (Å²) in [5.74, 6) is 0.582. The Morgan fingerprint density at radius 1 is 1.22 bits per heavy atom. The second-order valence-electron chi connectivity index (χ2n) is 7.61. The Labute approximate surface area is 160 Å². The molecule has 1 aromatic rings. The predicted octanol–water partition coefficient (Wildman–Crippen LogP) is 2.81. The molecule has 150 valence electrons. The molecule has 1 aliphatic rings. The van der Waals surface area contributed by atoms with Crippen molar-refractivity contribution in [2.45, 2.75) is 52.2 Å². The first-order valence-corrected chi connectivity index (χ1v) is 9.33. The van der Waals surface area contributed by atoms with Crippen LogP contribution in [0.15, 0.2) is 18.2 Å². The van der Waals surface area contributed by atoms with Gasteiger partial charge in [-0.25, -0.2) is 4.79 Å². The average Bonchev–Trinajstić information content (AvgIpc) is 2.58. The third kappa shape index (κ3) is 7.46. The summed E-state index contributed by atoms with van der Waals surface area (Å²) in [5.41, 5.74) is 0.959. The summed E-state index contributed by atoms with van der Waals surface area (Å²) in [6.07, 6.45) is 1.22. The lowest BCUT2D eigenvalue weighted by molar-refractivity contribution is 0.0519. The number of benzene rings is 1. The van der Waals surface area contributed by atoms with Crippen molar-refractivity contribution in [3.8, 4) is 5.75 Å². The number of rotatable bonds is 6. The highest BCUT2D eigenvalue weighted by Gasteiger charge is 2.18. The molecule has 0 bridgehead atoms. The van der Waals surface area contributed by atoms with E-state index in [0.29, 0.717) is 37.7 Å². The van der Waals surface area contributed by atoms with Gasteiger partial charge in [-0.3, -0.25) is 4.79 Å². The minimum absolute atomic E-state index is 0.0717. The van der Waals surface area contributed by atoms with E-state index in [9.17, 15) is 9.59 Å². The van der Waals surface area contributed by atoms with Crippen LogP contribution in [0.2, 0.25) is 0 Å². The quantitative estimate of drug-likeness (QED) is 0.744. The maximum Gasteiger partial charge on any atom is 0.407 e. The van der Waals surface area contributed by atoms with Crippen LogP contribution in [-0.2, 0) is 9.47 Å². The fourth-order valence-electron chi connectivity index (χ4n) is 2.72. The van der Waals surface area contributed by atoms with Crippen molar-refractivity contribution in [3.63, 3.8) is 0 Å². The fraction of sp³-hybridized carbons (Fsp3) is 0.600. The summed E-state index contributed by atoms with van der Waals surface area (Å²) in [5, 5.41) is 5.70. The van der Waals surface area contributed by atoms with E-state index >= 15 is 0 Å². The smallest absolute Gasteiger partial charge is 0.407 e. The van der Waals surface area contributed by atoms with Crippen LogP contribution in [0, 0.1) is 6.92 Å². The summed E-state index contributed by atoms with van der Waals surface area (Å²) in [6.45, 7) is 9.34. The molecule has 27 heavy (non-hydrogen) atoms. The topological polar surface area (TPSA) is 85.9 Å². The van der Waals surface area contributed by atoms with Gasteiger partial charge >= 0.3 is 6.09 Å². The van der Waals surface area contributed by atoms with E-state index in [0.717, 1.165) is 18.4 Å². The van der Waals surface area contributed by atoms with Crippen molar-refractivity contribution in [3.05, 3.63) is 29.3 Å². The van der Waals surface area contributed by atoms with Crippen molar-refractivity contribution in [1.29, 1.82) is 0 Å². The standard InChI is InChI=1S/C20H30N2O5/c1-14-13-16(26-12-9-21-19(24)27-20(2,3)4)5-6-17(14)18(23)22-15-7-10-25-11-8-15/h5-6,13,15H,7-12H2,1-4H3,(H,21,24)(H,22,23). The van der Waals surface area contributed by atoms with Crippen LogP contribution in [0.3, 0.4) is 0 Å². The van der Waals surface area contributed by atoms with Crippen molar-refractivity contribution in [2.75, 3.05) is 26.4 Å². The molecule has 2 rings (SSSR count). The van der Waals surface area contributed by atoms with Gasteiger partial charge in [-0.1, -0.05) is 0 Å². The zero-order valence-electron chi connectivity index (χ0n) is 16.6. The van der Waals surface area contributed by atoms with Crippen molar-refractivity contribution in [1.82, 2.24) is 10.6 Å². The van der Waals surface area contributed by atoms with Crippen LogP contribution in [0.25, 0.3) is 0 Å². The lowest BCUT2D eigenvalue weighted by atomic mass is 10.1. The number of hydrogen-bond donors (Lipinski definition) is 2. The first-order valence-electron chi connectivity index (χ1n) is 9.33. The number of carbonyl (C=O) groups is 2. The van der Waals surface area contributed by atoms with Crippen LogP contribution in [0.4, 0.5) is 4.79 Å². The minimum Gasteiger partial charge on any atom is -0.492 e. The van der Waals surface area contributed by atoms with Gasteiger partial charge < -0.3 is 24.8 Å². The Kier molecular flexibility index (Phi) is 7.47. The predicted molar refractivity (Wildman–Crippen MR) is 102 cm³/mol. The van der Waals surface area contributed by atoms with E-state index in [2.05, 4.69) is 10.6 Å². The molecule has 7 nitrogen and oxygen atoms in total. The van der Waals surface area contributed by atoms with Crippen LogP contribution >= 0.6 is 0 Å². The third-order valence-corrected chi connectivity index (χ3v) is 4.04. The lowest BCUT2D eigenvalue weighted by Crippen LogP contribution is -2.39. The zero-order chi connectivity index (χ0) is 19.9. The van der Waals surface area contributed by atoms with Gasteiger partial charge in [-0.15, -0.1) is 0 Å². The van der Waals surface area contributed by atoms with E-state index in [1.54, 1.807) is 12.1 Å².